The zero-order valence-corrected chi connectivity index (χ0v) is 20.0. The molecule has 9 heteroatoms. The van der Waals surface area contributed by atoms with Crippen LogP contribution in [-0.2, 0) is 0 Å². The van der Waals surface area contributed by atoms with Crippen LogP contribution >= 0.6 is 11.6 Å². The van der Waals surface area contributed by atoms with Gasteiger partial charge in [0.1, 0.15) is 0 Å². The van der Waals surface area contributed by atoms with Gasteiger partial charge in [-0.05, 0) is 48.4 Å². The van der Waals surface area contributed by atoms with E-state index in [2.05, 4.69) is 31.7 Å². The van der Waals surface area contributed by atoms with Crippen molar-refractivity contribution in [3.8, 4) is 33.8 Å². The highest BCUT2D eigenvalue weighted by Gasteiger charge is 2.21. The van der Waals surface area contributed by atoms with E-state index in [1.165, 1.54) is 0 Å². The van der Waals surface area contributed by atoms with E-state index in [1.54, 1.807) is 24.4 Å². The van der Waals surface area contributed by atoms with Crippen molar-refractivity contribution in [1.29, 1.82) is 0 Å². The zero-order chi connectivity index (χ0) is 24.5. The number of aromatic nitrogens is 3. The Morgan fingerprint density at radius 2 is 2.00 bits per heavy atom. The lowest BCUT2D eigenvalue weighted by Gasteiger charge is -2.27. The first kappa shape index (κ1) is 22.9. The molecule has 1 aliphatic heterocycles. The number of carbonyl (C=O) groups is 1. The predicted octanol–water partition coefficient (Wildman–Crippen LogP) is 4.08. The lowest BCUT2D eigenvalue weighted by Crippen LogP contribution is -2.45. The number of rotatable bonds is 7. The summed E-state index contributed by atoms with van der Waals surface area (Å²) >= 11 is 6.24. The average molecular weight is 488 g/mol. The summed E-state index contributed by atoms with van der Waals surface area (Å²) in [7, 11) is 0. The molecule has 0 atom stereocenters. The van der Waals surface area contributed by atoms with Gasteiger partial charge in [0.25, 0.3) is 5.91 Å². The van der Waals surface area contributed by atoms with Gasteiger partial charge in [0.2, 0.25) is 5.95 Å². The molecule has 1 fully saturated rings. The second kappa shape index (κ2) is 9.40. The van der Waals surface area contributed by atoms with Gasteiger partial charge in [-0.1, -0.05) is 29.8 Å². The molecule has 178 valence electrons. The van der Waals surface area contributed by atoms with Crippen LogP contribution in [0.1, 0.15) is 15.9 Å². The Balaban J connectivity index is 1.58. The quantitative estimate of drug-likeness (QED) is 0.266. The maximum Gasteiger partial charge on any atom is 0.250 e. The average Bonchev–Trinajstić information content (AvgIpc) is 3.25. The summed E-state index contributed by atoms with van der Waals surface area (Å²) in [5, 5.41) is 7.35. The van der Waals surface area contributed by atoms with Crippen LogP contribution in [0.4, 0.5) is 11.6 Å². The highest BCUT2D eigenvalue weighted by atomic mass is 35.5. The number of aromatic amines is 1. The molecule has 3 heterocycles. The van der Waals surface area contributed by atoms with E-state index >= 15 is 0 Å². The Bertz CT molecular complexity index is 1410. The van der Waals surface area contributed by atoms with Crippen molar-refractivity contribution >= 4 is 29.1 Å². The van der Waals surface area contributed by atoms with Gasteiger partial charge < -0.3 is 27.1 Å². The van der Waals surface area contributed by atoms with E-state index in [4.69, 9.17) is 23.1 Å². The molecule has 1 aliphatic rings. The monoisotopic (exact) mass is 487 g/mol. The van der Waals surface area contributed by atoms with Crippen LogP contribution in [-0.4, -0.2) is 40.5 Å². The number of amides is 1. The van der Waals surface area contributed by atoms with Gasteiger partial charge in [0.15, 0.2) is 0 Å². The molecule has 0 unspecified atom stereocenters. The number of hydrogen-bond acceptors (Lipinski definition) is 6. The number of nitrogens with one attached hydrogen (secondary N) is 3. The number of anilines is 2. The molecule has 4 aromatic rings. The molecule has 0 aliphatic carbocycles. The Kier molecular flexibility index (Phi) is 6.15. The van der Waals surface area contributed by atoms with E-state index in [0.717, 1.165) is 47.6 Å². The maximum absolute atomic E-state index is 12.4. The summed E-state index contributed by atoms with van der Waals surface area (Å²) in [5.74, 6) is 0.210. The minimum atomic E-state index is -0.554. The van der Waals surface area contributed by atoms with Gasteiger partial charge in [-0.15, -0.1) is 0 Å². The predicted molar refractivity (Wildman–Crippen MR) is 140 cm³/mol. The number of nitrogen functional groups attached to an aromatic ring is 1. The van der Waals surface area contributed by atoms with Crippen molar-refractivity contribution < 1.29 is 4.79 Å². The summed E-state index contributed by atoms with van der Waals surface area (Å²) in [4.78, 5) is 24.5. The minimum Gasteiger partial charge on any atom is -0.385 e. The minimum absolute atomic E-state index is 0.131. The number of primary amides is 1. The van der Waals surface area contributed by atoms with Crippen molar-refractivity contribution in [3.63, 3.8) is 0 Å². The number of hydrogen-bond donors (Lipinski definition) is 5. The fraction of sp³-hybridized carbons (Fsp3) is 0.192. The lowest BCUT2D eigenvalue weighted by molar-refractivity contribution is 0.100. The van der Waals surface area contributed by atoms with Gasteiger partial charge in [0.05, 0.1) is 22.6 Å². The molecular formula is C26H26ClN7O. The van der Waals surface area contributed by atoms with E-state index in [0.29, 0.717) is 33.6 Å². The summed E-state index contributed by atoms with van der Waals surface area (Å²) in [6.45, 7) is 4.92. The molecule has 1 saturated heterocycles. The van der Waals surface area contributed by atoms with Crippen molar-refractivity contribution in [2.45, 2.75) is 6.92 Å². The van der Waals surface area contributed by atoms with Gasteiger partial charge in [-0.2, -0.15) is 0 Å². The van der Waals surface area contributed by atoms with Gasteiger partial charge in [-0.25, -0.2) is 9.97 Å². The summed E-state index contributed by atoms with van der Waals surface area (Å²) in [6.07, 6.45) is 1.70. The number of H-pyrrole nitrogens is 1. The van der Waals surface area contributed by atoms with Crippen LogP contribution in [0.3, 0.4) is 0 Å². The molecule has 7 N–H and O–H groups in total. The molecule has 2 aromatic carbocycles. The summed E-state index contributed by atoms with van der Waals surface area (Å²) < 4.78 is 0. The molecular weight excluding hydrogens is 462 g/mol. The van der Waals surface area contributed by atoms with Crippen molar-refractivity contribution in [2.75, 3.05) is 30.7 Å². The highest BCUT2D eigenvalue weighted by molar-refractivity contribution is 6.31. The van der Waals surface area contributed by atoms with Crippen LogP contribution in [0, 0.1) is 12.8 Å². The second-order valence-electron chi connectivity index (χ2n) is 8.77. The number of nitrogens with two attached hydrogens (primary N) is 2. The largest absolute Gasteiger partial charge is 0.385 e. The summed E-state index contributed by atoms with van der Waals surface area (Å²) in [6, 6.07) is 15.3. The highest BCUT2D eigenvalue weighted by Crippen LogP contribution is 2.36. The van der Waals surface area contributed by atoms with E-state index in [1.807, 2.05) is 31.2 Å². The lowest BCUT2D eigenvalue weighted by atomic mass is 10.0. The standard InChI is InChI=1S/C26H26ClN7O/c1-14-5-6-17(27)8-19(14)23-20(25(28)35)9-22(33-23)24-21(13-32-26(29)34-24)16-3-2-4-18(7-16)31-12-15-10-30-11-15/h2-9,13,15,30-31,33H,10-12H2,1H3,(H2,28,35)(H2,29,32,34). The molecule has 2 aromatic heterocycles. The van der Waals surface area contributed by atoms with E-state index < -0.39 is 5.91 Å². The van der Waals surface area contributed by atoms with Gasteiger partial charge in [-0.3, -0.25) is 4.79 Å². The topological polar surface area (TPSA) is 135 Å². The fourth-order valence-corrected chi connectivity index (χ4v) is 4.39. The van der Waals surface area contributed by atoms with Gasteiger partial charge >= 0.3 is 0 Å². The van der Waals surface area contributed by atoms with E-state index in [9.17, 15) is 4.79 Å². The Morgan fingerprint density at radius 1 is 1.17 bits per heavy atom. The smallest absolute Gasteiger partial charge is 0.250 e. The number of aryl methyl sites for hydroxylation is 1. The number of nitrogens with zero attached hydrogens (tertiary/aromatic N) is 2. The first-order chi connectivity index (χ1) is 16.9. The molecule has 0 spiro atoms. The van der Waals surface area contributed by atoms with Crippen LogP contribution < -0.4 is 22.1 Å². The molecule has 35 heavy (non-hydrogen) atoms. The maximum atomic E-state index is 12.4. The Morgan fingerprint density at radius 3 is 2.74 bits per heavy atom. The first-order valence-corrected chi connectivity index (χ1v) is 11.7. The number of halogens is 1. The zero-order valence-electron chi connectivity index (χ0n) is 19.2. The third kappa shape index (κ3) is 4.71. The van der Waals surface area contributed by atoms with Gasteiger partial charge in [0, 0.05) is 53.6 Å². The molecule has 0 bridgehead atoms. The Hall–Kier alpha value is -3.88. The Labute approximate surface area is 208 Å². The van der Waals surface area contributed by atoms with Crippen LogP contribution in [0.5, 0.6) is 0 Å². The summed E-state index contributed by atoms with van der Waals surface area (Å²) in [5.41, 5.74) is 18.3. The third-order valence-corrected chi connectivity index (χ3v) is 6.48. The normalized spacial score (nSPS) is 13.4. The molecule has 0 saturated carbocycles. The van der Waals surface area contributed by atoms with E-state index in [-0.39, 0.29) is 5.95 Å². The third-order valence-electron chi connectivity index (χ3n) is 6.25. The molecule has 5 rings (SSSR count). The van der Waals surface area contributed by atoms with Crippen molar-refractivity contribution in [2.24, 2.45) is 11.7 Å². The van der Waals surface area contributed by atoms with Crippen molar-refractivity contribution in [3.05, 3.63) is 70.9 Å². The van der Waals surface area contributed by atoms with Crippen LogP contribution in [0.2, 0.25) is 5.02 Å². The second-order valence-corrected chi connectivity index (χ2v) is 9.21. The first-order valence-electron chi connectivity index (χ1n) is 11.4. The van der Waals surface area contributed by atoms with Crippen molar-refractivity contribution in [1.82, 2.24) is 20.3 Å². The number of carbonyl (C=O) groups excluding carboxylic acids is 1. The number of benzene rings is 2. The molecule has 1 amide bonds. The van der Waals surface area contributed by atoms with Crippen LogP contribution in [0.25, 0.3) is 33.8 Å². The SMILES string of the molecule is Cc1ccc(Cl)cc1-c1[nH]c(-c2nc(N)ncc2-c2cccc(NCC3CNC3)c2)cc1C(N)=O. The molecule has 0 radical (unpaired) electrons. The van der Waals surface area contributed by atoms with Crippen LogP contribution in [0.15, 0.2) is 54.7 Å². The fourth-order valence-electron chi connectivity index (χ4n) is 4.22. The molecule has 8 nitrogen and oxygen atoms in total.